The van der Waals surface area contributed by atoms with Crippen LogP contribution in [0.1, 0.15) is 31.5 Å². The van der Waals surface area contributed by atoms with Crippen LogP contribution in [-0.4, -0.2) is 92.5 Å². The van der Waals surface area contributed by atoms with Crippen LogP contribution < -0.4 is 0 Å². The second-order valence-electron chi connectivity index (χ2n) is 7.10. The maximum Gasteiger partial charge on any atom is 0.331 e. The van der Waals surface area contributed by atoms with E-state index in [-0.39, 0.29) is 6.42 Å². The van der Waals surface area contributed by atoms with Crippen molar-refractivity contribution in [1.82, 2.24) is 30.0 Å². The third-order valence-corrected chi connectivity index (χ3v) is 4.68. The van der Waals surface area contributed by atoms with Gasteiger partial charge in [-0.15, -0.1) is 10.2 Å². The molecule has 3 heterocycles. The standard InChI is InChI=1S/C15H22N6O7/c1-15(2,14(26)27)21-5-8(17-19-21)3-7-4-20(18-16-7)13-12(25)11(24)10(23)9(6-22)28-13/h4-5,9-13,22-25H,3,6H2,1-2H3,(H,26,27)/t9-,10+,11+,12-,13-/m1/s1. The Balaban J connectivity index is 1.74. The molecule has 0 unspecified atom stereocenters. The fourth-order valence-electron chi connectivity index (χ4n) is 2.76. The largest absolute Gasteiger partial charge is 0.479 e. The lowest BCUT2D eigenvalue weighted by Crippen LogP contribution is -2.56. The normalized spacial score (nSPS) is 28.4. The van der Waals surface area contributed by atoms with Gasteiger partial charge in [0.2, 0.25) is 0 Å². The van der Waals surface area contributed by atoms with Crippen LogP contribution in [0.3, 0.4) is 0 Å². The molecule has 154 valence electrons. The Morgan fingerprint density at radius 2 is 1.75 bits per heavy atom. The molecule has 0 saturated carbocycles. The van der Waals surface area contributed by atoms with Crippen molar-refractivity contribution in [2.75, 3.05) is 6.61 Å². The Bertz CT molecular complexity index is 834. The van der Waals surface area contributed by atoms with Gasteiger partial charge >= 0.3 is 5.97 Å². The molecule has 2 aromatic heterocycles. The van der Waals surface area contributed by atoms with E-state index in [0.717, 1.165) is 0 Å². The molecule has 0 aromatic carbocycles. The molecule has 0 radical (unpaired) electrons. The van der Waals surface area contributed by atoms with Gasteiger partial charge in [-0.05, 0) is 13.8 Å². The van der Waals surface area contributed by atoms with E-state index >= 15 is 0 Å². The highest BCUT2D eigenvalue weighted by molar-refractivity contribution is 5.75. The minimum Gasteiger partial charge on any atom is -0.479 e. The summed E-state index contributed by atoms with van der Waals surface area (Å²) in [6.07, 6.45) is -3.56. The minimum atomic E-state index is -1.53. The Labute approximate surface area is 158 Å². The number of rotatable bonds is 6. The number of aliphatic hydroxyl groups is 4. The number of aromatic nitrogens is 6. The first kappa shape index (κ1) is 20.3. The number of carboxylic acid groups (broad SMARTS) is 1. The first-order chi connectivity index (χ1) is 13.1. The van der Waals surface area contributed by atoms with Gasteiger partial charge in [0.05, 0.1) is 30.4 Å². The topological polar surface area (TPSA) is 189 Å². The first-order valence-electron chi connectivity index (χ1n) is 8.51. The molecule has 13 nitrogen and oxygen atoms in total. The Morgan fingerprint density at radius 3 is 2.39 bits per heavy atom. The summed E-state index contributed by atoms with van der Waals surface area (Å²) < 4.78 is 7.81. The maximum absolute atomic E-state index is 11.3. The van der Waals surface area contributed by atoms with Crippen LogP contribution in [0, 0.1) is 0 Å². The van der Waals surface area contributed by atoms with E-state index in [4.69, 9.17) is 4.74 Å². The molecule has 5 atom stereocenters. The van der Waals surface area contributed by atoms with Gasteiger partial charge in [-0.1, -0.05) is 10.4 Å². The van der Waals surface area contributed by atoms with Crippen LogP contribution in [0.5, 0.6) is 0 Å². The molecule has 3 rings (SSSR count). The fourth-order valence-corrected chi connectivity index (χ4v) is 2.76. The van der Waals surface area contributed by atoms with E-state index in [1.54, 1.807) is 0 Å². The zero-order valence-electron chi connectivity index (χ0n) is 15.2. The maximum atomic E-state index is 11.3. The summed E-state index contributed by atoms with van der Waals surface area (Å²) in [5.41, 5.74) is -0.383. The predicted molar refractivity (Wildman–Crippen MR) is 88.8 cm³/mol. The summed E-state index contributed by atoms with van der Waals surface area (Å²) in [7, 11) is 0. The lowest BCUT2D eigenvalue weighted by molar-refractivity contribution is -0.254. The molecular weight excluding hydrogens is 376 g/mol. The predicted octanol–water partition coefficient (Wildman–Crippen LogP) is -2.75. The Kier molecular flexibility index (Phi) is 5.45. The Hall–Kier alpha value is -2.45. The Morgan fingerprint density at radius 1 is 1.11 bits per heavy atom. The van der Waals surface area contributed by atoms with Crippen molar-refractivity contribution < 1.29 is 35.1 Å². The van der Waals surface area contributed by atoms with Crippen LogP contribution in [0.4, 0.5) is 0 Å². The van der Waals surface area contributed by atoms with Crippen molar-refractivity contribution in [2.45, 2.75) is 56.5 Å². The smallest absolute Gasteiger partial charge is 0.331 e. The average Bonchev–Trinajstić information content (AvgIpc) is 3.30. The summed E-state index contributed by atoms with van der Waals surface area (Å²) in [5.74, 6) is -1.06. The number of hydrogen-bond donors (Lipinski definition) is 5. The van der Waals surface area contributed by atoms with Crippen molar-refractivity contribution in [3.8, 4) is 0 Å². The number of carbonyl (C=O) groups is 1. The highest BCUT2D eigenvalue weighted by atomic mass is 16.6. The fraction of sp³-hybridized carbons (Fsp3) is 0.667. The van der Waals surface area contributed by atoms with Gasteiger partial charge in [0.1, 0.15) is 24.4 Å². The minimum absolute atomic E-state index is 0.188. The third-order valence-electron chi connectivity index (χ3n) is 4.68. The van der Waals surface area contributed by atoms with Gasteiger partial charge in [-0.25, -0.2) is 14.2 Å². The second-order valence-corrected chi connectivity index (χ2v) is 7.10. The average molecular weight is 398 g/mol. The van der Waals surface area contributed by atoms with Gasteiger partial charge in [0.15, 0.2) is 11.8 Å². The molecule has 2 aromatic rings. The summed E-state index contributed by atoms with van der Waals surface area (Å²) >= 11 is 0. The molecule has 0 amide bonds. The van der Waals surface area contributed by atoms with Crippen molar-refractivity contribution in [1.29, 1.82) is 0 Å². The van der Waals surface area contributed by atoms with E-state index in [1.165, 1.54) is 35.6 Å². The molecule has 1 saturated heterocycles. The molecule has 1 aliphatic rings. The van der Waals surface area contributed by atoms with E-state index in [2.05, 4.69) is 20.6 Å². The van der Waals surface area contributed by atoms with Crippen LogP contribution >= 0.6 is 0 Å². The highest BCUT2D eigenvalue weighted by Crippen LogP contribution is 2.27. The summed E-state index contributed by atoms with van der Waals surface area (Å²) in [4.78, 5) is 11.3. The number of hydrogen-bond acceptors (Lipinski definition) is 10. The first-order valence-corrected chi connectivity index (χ1v) is 8.51. The molecule has 1 aliphatic heterocycles. The molecular formula is C15H22N6O7. The van der Waals surface area contributed by atoms with Crippen LogP contribution in [-0.2, 0) is 21.5 Å². The van der Waals surface area contributed by atoms with E-state index < -0.39 is 48.8 Å². The SMILES string of the molecule is CC(C)(C(=O)O)n1cc(Cc2cn([C@@H]3O[C@H](CO)[C@H](O)[C@H](O)[C@H]3O)nn2)nn1. The van der Waals surface area contributed by atoms with Crippen LogP contribution in [0.2, 0.25) is 0 Å². The van der Waals surface area contributed by atoms with Crippen molar-refractivity contribution in [3.63, 3.8) is 0 Å². The third kappa shape index (κ3) is 3.62. The van der Waals surface area contributed by atoms with Crippen LogP contribution in [0.25, 0.3) is 0 Å². The molecule has 13 heteroatoms. The summed E-state index contributed by atoms with van der Waals surface area (Å²) in [6, 6.07) is 0. The number of aliphatic hydroxyl groups excluding tert-OH is 4. The lowest BCUT2D eigenvalue weighted by atomic mass is 9.98. The van der Waals surface area contributed by atoms with Gasteiger partial charge in [-0.3, -0.25) is 0 Å². The van der Waals surface area contributed by atoms with E-state index in [1.807, 2.05) is 0 Å². The van der Waals surface area contributed by atoms with Gasteiger partial charge in [0.25, 0.3) is 0 Å². The molecule has 0 spiro atoms. The molecule has 0 bridgehead atoms. The summed E-state index contributed by atoms with van der Waals surface area (Å²) in [5, 5.41) is 63.9. The molecule has 0 aliphatic carbocycles. The van der Waals surface area contributed by atoms with Crippen LogP contribution in [0.15, 0.2) is 12.4 Å². The van der Waals surface area contributed by atoms with Gasteiger partial charge in [0, 0.05) is 6.42 Å². The van der Waals surface area contributed by atoms with Crippen molar-refractivity contribution in [2.24, 2.45) is 0 Å². The quantitative estimate of drug-likeness (QED) is 0.339. The van der Waals surface area contributed by atoms with Gasteiger partial charge < -0.3 is 30.3 Å². The monoisotopic (exact) mass is 398 g/mol. The number of nitrogens with zero attached hydrogens (tertiary/aromatic N) is 6. The van der Waals surface area contributed by atoms with E-state index in [0.29, 0.717) is 11.4 Å². The molecule has 28 heavy (non-hydrogen) atoms. The van der Waals surface area contributed by atoms with Crippen molar-refractivity contribution >= 4 is 5.97 Å². The zero-order valence-corrected chi connectivity index (χ0v) is 15.2. The zero-order chi connectivity index (χ0) is 20.6. The van der Waals surface area contributed by atoms with Gasteiger partial charge in [-0.2, -0.15) is 0 Å². The number of ether oxygens (including phenoxy) is 1. The lowest BCUT2D eigenvalue weighted by Gasteiger charge is -2.39. The summed E-state index contributed by atoms with van der Waals surface area (Å²) in [6.45, 7) is 2.43. The molecule has 5 N–H and O–H groups in total. The van der Waals surface area contributed by atoms with E-state index in [9.17, 15) is 30.3 Å². The number of carboxylic acids is 1. The highest BCUT2D eigenvalue weighted by Gasteiger charge is 2.44. The molecule has 1 fully saturated rings. The second kappa shape index (κ2) is 7.52. The number of aliphatic carboxylic acids is 1. The van der Waals surface area contributed by atoms with Crippen molar-refractivity contribution in [3.05, 3.63) is 23.8 Å².